The molecule has 188 valence electrons. The highest BCUT2D eigenvalue weighted by Gasteiger charge is 2.14. The number of nitrogens with zero attached hydrogens (tertiary/aromatic N) is 3. The van der Waals surface area contributed by atoms with E-state index in [-0.39, 0.29) is 0 Å². The Morgan fingerprint density at radius 1 is 0.500 bits per heavy atom. The molecule has 3 heterocycles. The van der Waals surface area contributed by atoms with Crippen LogP contribution in [0.25, 0.3) is 60.4 Å². The highest BCUT2D eigenvalue weighted by molar-refractivity contribution is 6.11. The van der Waals surface area contributed by atoms with Gasteiger partial charge in [0.05, 0.1) is 16.6 Å². The molecule has 3 aromatic heterocycles. The molecular weight excluding hydrogens is 490 g/mol. The minimum absolute atomic E-state index is 0.769. The highest BCUT2D eigenvalue weighted by atomic mass is 16.5. The normalized spacial score (nSPS) is 11.5. The third-order valence-electron chi connectivity index (χ3n) is 7.54. The van der Waals surface area contributed by atoms with Gasteiger partial charge in [0.15, 0.2) is 0 Å². The van der Waals surface area contributed by atoms with Gasteiger partial charge in [-0.2, -0.15) is 0 Å². The predicted molar refractivity (Wildman–Crippen MR) is 163 cm³/mol. The maximum Gasteiger partial charge on any atom is 0.137 e. The number of aromatic nitrogens is 3. The molecule has 8 rings (SSSR count). The van der Waals surface area contributed by atoms with Crippen molar-refractivity contribution >= 4 is 43.5 Å². The Morgan fingerprint density at radius 2 is 1.25 bits per heavy atom. The Kier molecular flexibility index (Phi) is 5.10. The molecule has 0 radical (unpaired) electrons. The first-order valence-electron chi connectivity index (χ1n) is 13.3. The van der Waals surface area contributed by atoms with Crippen LogP contribution in [0.3, 0.4) is 0 Å². The maximum absolute atomic E-state index is 6.48. The van der Waals surface area contributed by atoms with Crippen LogP contribution in [-0.2, 0) is 0 Å². The molecule has 0 aliphatic rings. The number of hydrogen-bond donors (Lipinski definition) is 0. The number of pyridine rings is 2. The summed E-state index contributed by atoms with van der Waals surface area (Å²) in [6, 6.07) is 43.8. The van der Waals surface area contributed by atoms with E-state index in [0.29, 0.717) is 0 Å². The van der Waals surface area contributed by atoms with E-state index in [2.05, 4.69) is 101 Å². The fourth-order valence-corrected chi connectivity index (χ4v) is 5.73. The van der Waals surface area contributed by atoms with Gasteiger partial charge in [0, 0.05) is 40.0 Å². The summed E-state index contributed by atoms with van der Waals surface area (Å²) in [4.78, 5) is 9.43. The first kappa shape index (κ1) is 22.5. The first-order chi connectivity index (χ1) is 19.8. The van der Waals surface area contributed by atoms with E-state index < -0.39 is 0 Å². The lowest BCUT2D eigenvalue weighted by atomic mass is 9.98. The first-order valence-corrected chi connectivity index (χ1v) is 13.3. The molecular formula is C36H23N3O. The summed E-state index contributed by atoms with van der Waals surface area (Å²) >= 11 is 0. The number of ether oxygens (including phenoxy) is 1. The van der Waals surface area contributed by atoms with Gasteiger partial charge in [-0.05, 0) is 65.0 Å². The highest BCUT2D eigenvalue weighted by Crippen LogP contribution is 2.37. The van der Waals surface area contributed by atoms with Crippen LogP contribution >= 0.6 is 0 Å². The summed E-state index contributed by atoms with van der Waals surface area (Å²) in [7, 11) is 0. The molecule has 0 unspecified atom stereocenters. The van der Waals surface area contributed by atoms with Gasteiger partial charge in [-0.1, -0.05) is 72.8 Å². The summed E-state index contributed by atoms with van der Waals surface area (Å²) in [6.45, 7) is 0. The summed E-state index contributed by atoms with van der Waals surface area (Å²) in [5.74, 6) is 2.42. The molecule has 0 bridgehead atoms. The van der Waals surface area contributed by atoms with Crippen LogP contribution in [0.4, 0.5) is 0 Å². The Labute approximate surface area is 230 Å². The molecule has 0 aliphatic carbocycles. The van der Waals surface area contributed by atoms with Crippen molar-refractivity contribution in [1.82, 2.24) is 14.5 Å². The van der Waals surface area contributed by atoms with Gasteiger partial charge in [0.25, 0.3) is 0 Å². The smallest absolute Gasteiger partial charge is 0.137 e. The second-order valence-electron chi connectivity index (χ2n) is 9.89. The second-order valence-corrected chi connectivity index (χ2v) is 9.89. The Morgan fingerprint density at radius 3 is 2.15 bits per heavy atom. The zero-order chi connectivity index (χ0) is 26.5. The molecule has 40 heavy (non-hydrogen) atoms. The lowest BCUT2D eigenvalue weighted by Gasteiger charge is -2.11. The summed E-state index contributed by atoms with van der Waals surface area (Å²) in [5, 5.41) is 5.67. The molecule has 0 spiro atoms. The van der Waals surface area contributed by atoms with Gasteiger partial charge in [0.2, 0.25) is 0 Å². The van der Waals surface area contributed by atoms with Gasteiger partial charge >= 0.3 is 0 Å². The van der Waals surface area contributed by atoms with Crippen LogP contribution in [0.1, 0.15) is 0 Å². The minimum Gasteiger partial charge on any atom is -0.457 e. The number of rotatable bonds is 4. The van der Waals surface area contributed by atoms with Crippen LogP contribution < -0.4 is 4.74 Å². The van der Waals surface area contributed by atoms with Crippen LogP contribution in [-0.4, -0.2) is 14.5 Å². The van der Waals surface area contributed by atoms with Gasteiger partial charge in [-0.25, -0.2) is 4.98 Å². The average molecular weight is 514 g/mol. The average Bonchev–Trinajstić information content (AvgIpc) is 3.35. The van der Waals surface area contributed by atoms with Gasteiger partial charge in [0.1, 0.15) is 17.3 Å². The molecule has 0 amide bonds. The molecule has 0 atom stereocenters. The van der Waals surface area contributed by atoms with E-state index in [1.54, 1.807) is 0 Å². The van der Waals surface area contributed by atoms with Gasteiger partial charge in [-0.3, -0.25) is 9.55 Å². The molecule has 0 saturated carbocycles. The van der Waals surface area contributed by atoms with Crippen LogP contribution in [0, 0.1) is 0 Å². The number of para-hydroxylation sites is 1. The Bertz CT molecular complexity index is 2180. The summed E-state index contributed by atoms with van der Waals surface area (Å²) in [6.07, 6.45) is 3.72. The lowest BCUT2D eigenvalue weighted by Crippen LogP contribution is -1.96. The molecule has 0 aliphatic heterocycles. The van der Waals surface area contributed by atoms with Crippen LogP contribution in [0.15, 0.2) is 140 Å². The van der Waals surface area contributed by atoms with Crippen molar-refractivity contribution in [2.24, 2.45) is 0 Å². The third-order valence-corrected chi connectivity index (χ3v) is 7.54. The fraction of sp³-hybridized carbons (Fsp3) is 0. The van der Waals surface area contributed by atoms with E-state index in [9.17, 15) is 0 Å². The SMILES string of the molecule is c1ccc(-c2ccnc3c2ccc2ccc(Oc4ccc5c6ccccc6n(-c6ccccn6)c5c4)cc23)cc1. The molecule has 4 heteroatoms. The van der Waals surface area contributed by atoms with Crippen molar-refractivity contribution in [2.75, 3.05) is 0 Å². The van der Waals surface area contributed by atoms with E-state index in [0.717, 1.165) is 55.4 Å². The third kappa shape index (κ3) is 3.62. The van der Waals surface area contributed by atoms with Crippen molar-refractivity contribution < 1.29 is 4.74 Å². The maximum atomic E-state index is 6.48. The van der Waals surface area contributed by atoms with Crippen molar-refractivity contribution in [3.05, 3.63) is 140 Å². The minimum atomic E-state index is 0.769. The fourth-order valence-electron chi connectivity index (χ4n) is 5.73. The number of fused-ring (bicyclic) bond motifs is 6. The van der Waals surface area contributed by atoms with Crippen LogP contribution in [0.5, 0.6) is 11.5 Å². The van der Waals surface area contributed by atoms with E-state index >= 15 is 0 Å². The number of hydrogen-bond acceptors (Lipinski definition) is 3. The van der Waals surface area contributed by atoms with Crippen LogP contribution in [0.2, 0.25) is 0 Å². The molecule has 0 fully saturated rings. The number of benzene rings is 5. The quantitative estimate of drug-likeness (QED) is 0.220. The Balaban J connectivity index is 1.25. The summed E-state index contributed by atoms with van der Waals surface area (Å²) in [5.41, 5.74) is 5.49. The van der Waals surface area contributed by atoms with E-state index in [4.69, 9.17) is 9.72 Å². The predicted octanol–water partition coefficient (Wildman–Crippen LogP) is 9.34. The molecule has 4 nitrogen and oxygen atoms in total. The van der Waals surface area contributed by atoms with Crippen molar-refractivity contribution in [3.8, 4) is 28.4 Å². The van der Waals surface area contributed by atoms with E-state index in [1.807, 2.05) is 48.8 Å². The monoisotopic (exact) mass is 513 g/mol. The summed E-state index contributed by atoms with van der Waals surface area (Å²) < 4.78 is 8.68. The standard InChI is InChI=1S/C36H23N3O/c1-2-8-24(9-3-1)28-19-21-38-36-31(28)17-14-25-13-15-26(22-32(25)36)40-27-16-18-30-29-10-4-5-11-33(29)39(34(30)23-27)35-12-6-7-20-37-35/h1-23H. The lowest BCUT2D eigenvalue weighted by molar-refractivity contribution is 0.484. The molecule has 0 N–H and O–H groups in total. The van der Waals surface area contributed by atoms with Crippen molar-refractivity contribution in [2.45, 2.75) is 0 Å². The molecule has 8 aromatic rings. The van der Waals surface area contributed by atoms with Gasteiger partial charge in [-0.15, -0.1) is 0 Å². The van der Waals surface area contributed by atoms with Crippen molar-refractivity contribution in [3.63, 3.8) is 0 Å². The zero-order valence-corrected chi connectivity index (χ0v) is 21.5. The second kappa shape index (κ2) is 9.07. The van der Waals surface area contributed by atoms with Crippen molar-refractivity contribution in [1.29, 1.82) is 0 Å². The van der Waals surface area contributed by atoms with Gasteiger partial charge < -0.3 is 4.74 Å². The Hall–Kier alpha value is -5.48. The topological polar surface area (TPSA) is 39.9 Å². The molecule has 5 aromatic carbocycles. The molecule has 0 saturated heterocycles. The van der Waals surface area contributed by atoms with E-state index in [1.165, 1.54) is 16.5 Å². The zero-order valence-electron chi connectivity index (χ0n) is 21.5. The largest absolute Gasteiger partial charge is 0.457 e.